The number of carbonyl (C=O) groups is 1. The van der Waals surface area contributed by atoms with Crippen molar-refractivity contribution in [2.45, 2.75) is 4.90 Å². The van der Waals surface area contributed by atoms with E-state index >= 15 is 0 Å². The van der Waals surface area contributed by atoms with Crippen LogP contribution in [0.15, 0.2) is 4.90 Å². The second-order valence-corrected chi connectivity index (χ2v) is 6.81. The van der Waals surface area contributed by atoms with Crippen LogP contribution in [0, 0.1) is 0 Å². The molecule has 0 amide bonds. The SMILES string of the molecule is COC(=O)c1sc(N2CCSCC2)c(SC)c1N. The Labute approximate surface area is 119 Å². The topological polar surface area (TPSA) is 55.6 Å². The van der Waals surface area contributed by atoms with Crippen molar-refractivity contribution in [1.29, 1.82) is 0 Å². The van der Waals surface area contributed by atoms with Crippen LogP contribution < -0.4 is 10.6 Å². The molecule has 1 aliphatic heterocycles. The Balaban J connectivity index is 2.36. The Morgan fingerprint density at radius 1 is 1.44 bits per heavy atom. The molecule has 18 heavy (non-hydrogen) atoms. The van der Waals surface area contributed by atoms with E-state index in [9.17, 15) is 4.79 Å². The Morgan fingerprint density at radius 2 is 2.11 bits per heavy atom. The first kappa shape index (κ1) is 13.9. The molecule has 0 radical (unpaired) electrons. The van der Waals surface area contributed by atoms with Gasteiger partial charge in [-0.25, -0.2) is 4.79 Å². The van der Waals surface area contributed by atoms with Crippen molar-refractivity contribution in [3.8, 4) is 0 Å². The number of esters is 1. The quantitative estimate of drug-likeness (QED) is 0.683. The minimum Gasteiger partial charge on any atom is -0.465 e. The smallest absolute Gasteiger partial charge is 0.350 e. The van der Waals surface area contributed by atoms with Crippen LogP contribution in [0.2, 0.25) is 0 Å². The van der Waals surface area contributed by atoms with Crippen LogP contribution in [0.5, 0.6) is 0 Å². The molecule has 2 N–H and O–H groups in total. The van der Waals surface area contributed by atoms with Gasteiger partial charge in [0.05, 0.1) is 17.7 Å². The summed E-state index contributed by atoms with van der Waals surface area (Å²) in [7, 11) is 1.39. The molecule has 100 valence electrons. The zero-order chi connectivity index (χ0) is 13.1. The van der Waals surface area contributed by atoms with Crippen LogP contribution in [0.25, 0.3) is 0 Å². The van der Waals surface area contributed by atoms with Crippen molar-refractivity contribution in [2.24, 2.45) is 0 Å². The largest absolute Gasteiger partial charge is 0.465 e. The normalized spacial score (nSPS) is 15.8. The first-order chi connectivity index (χ1) is 8.69. The average molecular weight is 304 g/mol. The van der Waals surface area contributed by atoms with E-state index in [1.165, 1.54) is 18.4 Å². The minimum atomic E-state index is -0.342. The maximum Gasteiger partial charge on any atom is 0.350 e. The standard InChI is InChI=1S/C11H16N2O2S3/c1-15-11(14)9-7(12)8(16-2)10(18-9)13-3-5-17-6-4-13/h3-6,12H2,1-2H3. The fraction of sp³-hybridized carbons (Fsp3) is 0.545. The molecular formula is C11H16N2O2S3. The summed E-state index contributed by atoms with van der Waals surface area (Å²) >= 11 is 5.00. The summed E-state index contributed by atoms with van der Waals surface area (Å²) in [5, 5.41) is 1.11. The Morgan fingerprint density at radius 3 is 2.67 bits per heavy atom. The lowest BCUT2D eigenvalue weighted by Crippen LogP contribution is -2.32. The summed E-state index contributed by atoms with van der Waals surface area (Å²) < 4.78 is 4.78. The number of nitrogens with zero attached hydrogens (tertiary/aromatic N) is 1. The van der Waals surface area contributed by atoms with Gasteiger partial charge in [0.25, 0.3) is 0 Å². The summed E-state index contributed by atoms with van der Waals surface area (Å²) in [6.45, 7) is 2.03. The summed E-state index contributed by atoms with van der Waals surface area (Å²) in [4.78, 5) is 15.5. The molecular weight excluding hydrogens is 288 g/mol. The third-order valence-corrected chi connectivity index (χ3v) is 5.90. The number of carbonyl (C=O) groups excluding carboxylic acids is 1. The van der Waals surface area contributed by atoms with Gasteiger partial charge in [-0.1, -0.05) is 0 Å². The molecule has 1 saturated heterocycles. The van der Waals surface area contributed by atoms with Crippen molar-refractivity contribution in [2.75, 3.05) is 48.6 Å². The van der Waals surface area contributed by atoms with Crippen molar-refractivity contribution >= 4 is 51.5 Å². The van der Waals surface area contributed by atoms with Crippen LogP contribution >= 0.6 is 34.9 Å². The lowest BCUT2D eigenvalue weighted by atomic mass is 10.4. The van der Waals surface area contributed by atoms with Crippen LogP contribution in [0.3, 0.4) is 0 Å². The molecule has 0 saturated carbocycles. The molecule has 1 fully saturated rings. The minimum absolute atomic E-state index is 0.342. The summed E-state index contributed by atoms with van der Waals surface area (Å²) in [5.74, 6) is 1.91. The number of ether oxygens (including phenoxy) is 1. The van der Waals surface area contributed by atoms with Crippen LogP contribution in [-0.2, 0) is 4.74 Å². The molecule has 0 spiro atoms. The lowest BCUT2D eigenvalue weighted by Gasteiger charge is -2.27. The van der Waals surface area contributed by atoms with Crippen molar-refractivity contribution in [1.82, 2.24) is 0 Å². The molecule has 0 unspecified atom stereocenters. The van der Waals surface area contributed by atoms with Gasteiger partial charge in [0.15, 0.2) is 0 Å². The van der Waals surface area contributed by atoms with Crippen LogP contribution in [0.4, 0.5) is 10.7 Å². The van der Waals surface area contributed by atoms with Gasteiger partial charge in [-0.15, -0.1) is 23.1 Å². The van der Waals surface area contributed by atoms with E-state index in [2.05, 4.69) is 4.90 Å². The molecule has 2 rings (SSSR count). The van der Waals surface area contributed by atoms with Gasteiger partial charge < -0.3 is 15.4 Å². The highest BCUT2D eigenvalue weighted by atomic mass is 32.2. The number of rotatable bonds is 3. The second kappa shape index (κ2) is 6.08. The molecule has 4 nitrogen and oxygen atoms in total. The maximum atomic E-state index is 11.7. The highest BCUT2D eigenvalue weighted by molar-refractivity contribution is 7.99. The van der Waals surface area contributed by atoms with Gasteiger partial charge in [0, 0.05) is 24.6 Å². The van der Waals surface area contributed by atoms with Gasteiger partial charge in [0.2, 0.25) is 0 Å². The first-order valence-corrected chi connectivity index (χ1v) is 8.76. The Kier molecular flexibility index (Phi) is 4.69. The van der Waals surface area contributed by atoms with E-state index in [4.69, 9.17) is 10.5 Å². The van der Waals surface area contributed by atoms with Crippen LogP contribution in [0.1, 0.15) is 9.67 Å². The number of nitrogens with two attached hydrogens (primary N) is 1. The van der Waals surface area contributed by atoms with Crippen molar-refractivity contribution in [3.63, 3.8) is 0 Å². The van der Waals surface area contributed by atoms with Crippen LogP contribution in [-0.4, -0.2) is 43.9 Å². The molecule has 0 bridgehead atoms. The average Bonchev–Trinajstić information content (AvgIpc) is 2.76. The van der Waals surface area contributed by atoms with Crippen molar-refractivity contribution in [3.05, 3.63) is 4.88 Å². The first-order valence-electron chi connectivity index (χ1n) is 5.56. The van der Waals surface area contributed by atoms with Crippen molar-refractivity contribution < 1.29 is 9.53 Å². The molecule has 0 atom stereocenters. The van der Waals surface area contributed by atoms with E-state index in [0.717, 1.165) is 34.5 Å². The highest BCUT2D eigenvalue weighted by Gasteiger charge is 2.25. The van der Waals surface area contributed by atoms with Gasteiger partial charge in [0.1, 0.15) is 9.88 Å². The monoisotopic (exact) mass is 304 g/mol. The number of thioether (sulfide) groups is 2. The Bertz CT molecular complexity index is 442. The van der Waals surface area contributed by atoms with E-state index in [0.29, 0.717) is 10.6 Å². The highest BCUT2D eigenvalue weighted by Crippen LogP contribution is 2.44. The molecule has 0 aliphatic carbocycles. The fourth-order valence-corrected chi connectivity index (χ4v) is 4.89. The van der Waals surface area contributed by atoms with Gasteiger partial charge in [-0.05, 0) is 6.26 Å². The molecule has 0 aromatic carbocycles. The number of methoxy groups -OCH3 is 1. The zero-order valence-corrected chi connectivity index (χ0v) is 12.8. The number of hydrogen-bond donors (Lipinski definition) is 1. The van der Waals surface area contributed by atoms with Gasteiger partial charge in [-0.3, -0.25) is 0 Å². The summed E-state index contributed by atoms with van der Waals surface area (Å²) in [6, 6.07) is 0. The lowest BCUT2D eigenvalue weighted by molar-refractivity contribution is 0.0607. The maximum absolute atomic E-state index is 11.7. The number of anilines is 2. The van der Waals surface area contributed by atoms with E-state index in [-0.39, 0.29) is 5.97 Å². The molecule has 2 heterocycles. The van der Waals surface area contributed by atoms with Gasteiger partial charge in [-0.2, -0.15) is 11.8 Å². The number of thiophene rings is 1. The van der Waals surface area contributed by atoms with E-state index in [1.54, 1.807) is 11.8 Å². The summed E-state index contributed by atoms with van der Waals surface area (Å²) in [6.07, 6.45) is 1.99. The zero-order valence-electron chi connectivity index (χ0n) is 10.4. The molecule has 1 aliphatic rings. The second-order valence-electron chi connectivity index (χ2n) is 3.77. The third-order valence-electron chi connectivity index (χ3n) is 2.76. The fourth-order valence-electron chi connectivity index (χ4n) is 1.83. The number of nitrogen functional groups attached to an aromatic ring is 1. The predicted octanol–water partition coefficient (Wildman–Crippen LogP) is 2.39. The molecule has 1 aromatic rings. The molecule has 7 heteroatoms. The van der Waals surface area contributed by atoms with E-state index in [1.807, 2.05) is 18.0 Å². The third kappa shape index (κ3) is 2.57. The predicted molar refractivity (Wildman–Crippen MR) is 81.4 cm³/mol. The molecule has 1 aromatic heterocycles. The Hall–Kier alpha value is -0.530. The van der Waals surface area contributed by atoms with E-state index < -0.39 is 0 Å². The van der Waals surface area contributed by atoms with Gasteiger partial charge >= 0.3 is 5.97 Å². The number of hydrogen-bond acceptors (Lipinski definition) is 7. The summed E-state index contributed by atoms with van der Waals surface area (Å²) in [5.41, 5.74) is 6.62.